The van der Waals surface area contributed by atoms with Gasteiger partial charge in [0, 0.05) is 0 Å². The van der Waals surface area contributed by atoms with Crippen molar-refractivity contribution in [2.24, 2.45) is 5.92 Å². The Morgan fingerprint density at radius 2 is 1.06 bits per heavy atom. The third kappa shape index (κ3) is 34.3. The van der Waals surface area contributed by atoms with Gasteiger partial charge >= 0.3 is 6.16 Å². The van der Waals surface area contributed by atoms with Crippen LogP contribution in [0.2, 0.25) is 0 Å². The Bertz CT molecular complexity index is 725. The van der Waals surface area contributed by atoms with Gasteiger partial charge in [0.05, 0.1) is 12.2 Å². The fraction of sp³-hybridized carbons (Fsp3) is 0.878. The molecule has 0 radical (unpaired) electrons. The van der Waals surface area contributed by atoms with Crippen LogP contribution >= 0.6 is 0 Å². The zero-order valence-electron chi connectivity index (χ0n) is 31.5. The smallest absolute Gasteiger partial charge is 0.450 e. The molecule has 47 heavy (non-hydrogen) atoms. The monoisotopic (exact) mass is 666 g/mol. The highest BCUT2D eigenvalue weighted by atomic mass is 16.7. The van der Waals surface area contributed by atoms with Crippen LogP contribution in [0, 0.1) is 5.92 Å². The van der Waals surface area contributed by atoms with Gasteiger partial charge in [0.2, 0.25) is 0 Å². The number of carbonyl (C=O) groups is 1. The molecule has 0 aliphatic carbocycles. The van der Waals surface area contributed by atoms with Crippen molar-refractivity contribution in [2.75, 3.05) is 20.6 Å². The van der Waals surface area contributed by atoms with E-state index in [1.165, 1.54) is 90.0 Å². The summed E-state index contributed by atoms with van der Waals surface area (Å²) >= 11 is 0. The predicted molar refractivity (Wildman–Crippen MR) is 201 cm³/mol. The molecule has 0 aromatic carbocycles. The molecule has 0 saturated heterocycles. The molecule has 2 unspecified atom stereocenters. The van der Waals surface area contributed by atoms with Gasteiger partial charge in [0.15, 0.2) is 0 Å². The van der Waals surface area contributed by atoms with Gasteiger partial charge in [0.25, 0.3) is 0 Å². The molecule has 0 aromatic heterocycles. The maximum Gasteiger partial charge on any atom is 0.506 e. The summed E-state index contributed by atoms with van der Waals surface area (Å²) in [5.74, 6) is 0.795. The lowest BCUT2D eigenvalue weighted by Gasteiger charge is -2.17. The largest absolute Gasteiger partial charge is 0.506 e. The zero-order valence-corrected chi connectivity index (χ0v) is 31.5. The summed E-state index contributed by atoms with van der Waals surface area (Å²) in [6, 6.07) is 0. The van der Waals surface area contributed by atoms with Crippen LogP contribution in [0.15, 0.2) is 24.3 Å². The lowest BCUT2D eigenvalue weighted by molar-refractivity contribution is 0.0422. The van der Waals surface area contributed by atoms with E-state index in [0.29, 0.717) is 0 Å². The van der Waals surface area contributed by atoms with Crippen LogP contribution in [0.3, 0.4) is 0 Å². The topological polar surface area (TPSA) is 90.2 Å². The Balaban J connectivity index is 3.78. The van der Waals surface area contributed by atoms with E-state index in [1.54, 1.807) is 0 Å². The zero-order chi connectivity index (χ0) is 34.8. The van der Waals surface area contributed by atoms with E-state index in [-0.39, 0.29) is 18.3 Å². The summed E-state index contributed by atoms with van der Waals surface area (Å²) in [7, 11) is 4.28. The van der Waals surface area contributed by atoms with E-state index >= 15 is 0 Å². The highest BCUT2D eigenvalue weighted by molar-refractivity contribution is 5.57. The first-order valence-electron chi connectivity index (χ1n) is 20.0. The van der Waals surface area contributed by atoms with Crippen LogP contribution < -0.4 is 0 Å². The molecule has 0 heterocycles. The summed E-state index contributed by atoms with van der Waals surface area (Å²) in [6.07, 6.45) is 36.6. The molecule has 0 aromatic rings. The molecule has 4 atom stereocenters. The number of carboxylic acid groups (broad SMARTS) is 1. The molecule has 6 nitrogen and oxygen atoms in total. The minimum atomic E-state index is -1.15. The van der Waals surface area contributed by atoms with Gasteiger partial charge in [-0.25, -0.2) is 4.79 Å². The average Bonchev–Trinajstić information content (AvgIpc) is 3.03. The molecule has 0 spiro atoms. The van der Waals surface area contributed by atoms with Crippen LogP contribution in [0.1, 0.15) is 187 Å². The molecule has 0 saturated carbocycles. The third-order valence-electron chi connectivity index (χ3n) is 9.55. The predicted octanol–water partition coefficient (Wildman–Crippen LogP) is 11.6. The quantitative estimate of drug-likeness (QED) is 0.0354. The number of nitrogens with zero attached hydrogens (tertiary/aromatic N) is 1. The molecular weight excluding hydrogens is 586 g/mol. The van der Waals surface area contributed by atoms with Crippen molar-refractivity contribution in [1.29, 1.82) is 0 Å². The number of aliphatic hydroxyl groups is 2. The number of aliphatic hydroxyl groups excluding tert-OH is 2. The molecular formula is C41H79NO5. The lowest BCUT2D eigenvalue weighted by Crippen LogP contribution is -2.16. The second kappa shape index (κ2) is 34.5. The first-order chi connectivity index (χ1) is 22.8. The standard InChI is InChI=1S/C41H79NO5/c1-5-7-8-21-30-38(43)31-22-17-13-9-11-15-19-24-34-40(47-41(45)46)35-25-20-16-12-10-14-18-23-32-39(44)33-26-28-37(6-2)29-27-36-42(3)4/h17-18,22-23,37-40,43-44H,5-16,19-21,24-36H2,1-4H3,(H,45,46)/b22-17-,23-18-/t37?,38-,39+,40?/m1/s1. The normalized spacial score (nSPS) is 14.7. The first kappa shape index (κ1) is 45.6. The fourth-order valence-electron chi connectivity index (χ4n) is 6.41. The van der Waals surface area contributed by atoms with Crippen molar-refractivity contribution in [3.63, 3.8) is 0 Å². The van der Waals surface area contributed by atoms with Crippen LogP contribution in [0.4, 0.5) is 4.79 Å². The van der Waals surface area contributed by atoms with E-state index in [1.807, 2.05) is 0 Å². The molecule has 0 aliphatic heterocycles. The van der Waals surface area contributed by atoms with Crippen LogP contribution in [0.25, 0.3) is 0 Å². The maximum atomic E-state index is 11.2. The minimum Gasteiger partial charge on any atom is -0.450 e. The fourth-order valence-corrected chi connectivity index (χ4v) is 6.41. The molecule has 278 valence electrons. The molecule has 0 amide bonds. The van der Waals surface area contributed by atoms with Crippen molar-refractivity contribution in [1.82, 2.24) is 4.90 Å². The number of hydrogen-bond acceptors (Lipinski definition) is 5. The van der Waals surface area contributed by atoms with Crippen molar-refractivity contribution in [3.8, 4) is 0 Å². The van der Waals surface area contributed by atoms with Crippen LogP contribution in [-0.4, -0.2) is 65.3 Å². The third-order valence-corrected chi connectivity index (χ3v) is 9.55. The summed E-state index contributed by atoms with van der Waals surface area (Å²) in [5, 5.41) is 29.5. The first-order valence-corrected chi connectivity index (χ1v) is 20.0. The van der Waals surface area contributed by atoms with E-state index in [4.69, 9.17) is 9.84 Å². The maximum absolute atomic E-state index is 11.2. The van der Waals surface area contributed by atoms with Crippen molar-refractivity contribution in [3.05, 3.63) is 24.3 Å². The Morgan fingerprint density at radius 3 is 1.57 bits per heavy atom. The second-order valence-corrected chi connectivity index (χ2v) is 14.4. The van der Waals surface area contributed by atoms with Crippen molar-refractivity contribution >= 4 is 6.16 Å². The number of rotatable bonds is 35. The molecule has 0 rings (SSSR count). The highest BCUT2D eigenvalue weighted by Gasteiger charge is 2.13. The Labute approximate surface area is 291 Å². The van der Waals surface area contributed by atoms with Gasteiger partial charge in [0.1, 0.15) is 6.10 Å². The van der Waals surface area contributed by atoms with E-state index in [9.17, 15) is 15.0 Å². The van der Waals surface area contributed by atoms with Gasteiger partial charge in [-0.05, 0) is 116 Å². The molecule has 0 bridgehead atoms. The number of hydrogen-bond donors (Lipinski definition) is 3. The lowest BCUT2D eigenvalue weighted by atomic mass is 9.93. The van der Waals surface area contributed by atoms with Crippen molar-refractivity contribution in [2.45, 2.75) is 206 Å². The average molecular weight is 666 g/mol. The molecule has 0 aliphatic rings. The SMILES string of the molecule is CCCCCC[C@@H](O)C/C=C\CCCCCCCC(CCCCCCC/C=C\C[C@H](O)CCCC(CC)CCCN(C)C)OC(=O)O. The van der Waals surface area contributed by atoms with Crippen molar-refractivity contribution < 1.29 is 24.9 Å². The second-order valence-electron chi connectivity index (χ2n) is 14.4. The number of ether oxygens (including phenoxy) is 1. The summed E-state index contributed by atoms with van der Waals surface area (Å²) in [5.41, 5.74) is 0. The minimum absolute atomic E-state index is 0.172. The van der Waals surface area contributed by atoms with Gasteiger partial charge in [-0.15, -0.1) is 0 Å². The number of unbranched alkanes of at least 4 members (excludes halogenated alkanes) is 13. The van der Waals surface area contributed by atoms with E-state index in [0.717, 1.165) is 95.8 Å². The van der Waals surface area contributed by atoms with Gasteiger partial charge in [-0.2, -0.15) is 0 Å². The highest BCUT2D eigenvalue weighted by Crippen LogP contribution is 2.20. The number of allylic oxidation sites excluding steroid dienone is 2. The molecule has 0 fully saturated rings. The van der Waals surface area contributed by atoms with E-state index < -0.39 is 6.16 Å². The Morgan fingerprint density at radius 1 is 0.596 bits per heavy atom. The van der Waals surface area contributed by atoms with E-state index in [2.05, 4.69) is 57.1 Å². The molecule has 6 heteroatoms. The van der Waals surface area contributed by atoms with Crippen LogP contribution in [-0.2, 0) is 4.74 Å². The van der Waals surface area contributed by atoms with Crippen LogP contribution in [0.5, 0.6) is 0 Å². The summed E-state index contributed by atoms with van der Waals surface area (Å²) in [4.78, 5) is 13.4. The Hall–Kier alpha value is -1.37. The Kier molecular flexibility index (Phi) is 33.5. The van der Waals surface area contributed by atoms with Gasteiger partial charge < -0.3 is 25.0 Å². The summed E-state index contributed by atoms with van der Waals surface area (Å²) < 4.78 is 5.19. The van der Waals surface area contributed by atoms with Gasteiger partial charge in [-0.1, -0.05) is 122 Å². The summed E-state index contributed by atoms with van der Waals surface area (Å²) in [6.45, 7) is 5.67. The van der Waals surface area contributed by atoms with Gasteiger partial charge in [-0.3, -0.25) is 0 Å². The molecule has 3 N–H and O–H groups in total.